The van der Waals surface area contributed by atoms with Gasteiger partial charge in [-0.3, -0.25) is 9.69 Å². The van der Waals surface area contributed by atoms with Crippen LogP contribution < -0.4 is 5.43 Å². The minimum absolute atomic E-state index is 0.0451. The zero-order valence-electron chi connectivity index (χ0n) is 14.7. The SMILES string of the molecule is O=C(NN=Cc1cc(Cl)ccc1O)C1CCN(Cc2ccc(Br)cc2)CC1. The zero-order chi connectivity index (χ0) is 19.2. The first kappa shape index (κ1) is 19.9. The fourth-order valence-electron chi connectivity index (χ4n) is 3.09. The number of hydrazone groups is 1. The van der Waals surface area contributed by atoms with Crippen molar-refractivity contribution in [3.63, 3.8) is 0 Å². The van der Waals surface area contributed by atoms with Crippen molar-refractivity contribution in [2.75, 3.05) is 13.1 Å². The molecule has 1 aliphatic rings. The maximum absolute atomic E-state index is 12.3. The smallest absolute Gasteiger partial charge is 0.243 e. The molecule has 1 amide bonds. The monoisotopic (exact) mass is 449 g/mol. The molecule has 0 bridgehead atoms. The summed E-state index contributed by atoms with van der Waals surface area (Å²) in [5.41, 5.74) is 4.31. The second-order valence-corrected chi connectivity index (χ2v) is 7.97. The number of piperidine rings is 1. The molecule has 2 aromatic rings. The molecule has 2 aromatic carbocycles. The molecule has 0 spiro atoms. The van der Waals surface area contributed by atoms with E-state index < -0.39 is 0 Å². The first-order valence-electron chi connectivity index (χ1n) is 8.79. The van der Waals surface area contributed by atoms with Crippen LogP contribution in [0.2, 0.25) is 5.02 Å². The third-order valence-electron chi connectivity index (χ3n) is 4.65. The number of aromatic hydroxyl groups is 1. The summed E-state index contributed by atoms with van der Waals surface area (Å²) in [5, 5.41) is 14.2. The summed E-state index contributed by atoms with van der Waals surface area (Å²) < 4.78 is 1.08. The lowest BCUT2D eigenvalue weighted by Crippen LogP contribution is -2.39. The van der Waals surface area contributed by atoms with Gasteiger partial charge in [-0.25, -0.2) is 5.43 Å². The van der Waals surface area contributed by atoms with Crippen molar-refractivity contribution in [3.05, 3.63) is 63.1 Å². The molecular formula is C20H21BrClN3O2. The van der Waals surface area contributed by atoms with Crippen LogP contribution in [0.1, 0.15) is 24.0 Å². The summed E-state index contributed by atoms with van der Waals surface area (Å²) in [6.07, 6.45) is 3.02. The number of likely N-dealkylation sites (tertiary alicyclic amines) is 1. The molecule has 27 heavy (non-hydrogen) atoms. The number of rotatable bonds is 5. The van der Waals surface area contributed by atoms with Crippen molar-refractivity contribution in [2.45, 2.75) is 19.4 Å². The predicted octanol–water partition coefficient (Wildman–Crippen LogP) is 4.17. The Kier molecular flexibility index (Phi) is 6.88. The molecule has 0 aliphatic carbocycles. The molecular weight excluding hydrogens is 430 g/mol. The maximum Gasteiger partial charge on any atom is 0.243 e. The van der Waals surface area contributed by atoms with E-state index in [1.807, 2.05) is 12.1 Å². The van der Waals surface area contributed by atoms with Crippen molar-refractivity contribution in [3.8, 4) is 5.75 Å². The van der Waals surface area contributed by atoms with Gasteiger partial charge in [0.2, 0.25) is 5.91 Å². The van der Waals surface area contributed by atoms with Crippen LogP contribution in [-0.4, -0.2) is 35.2 Å². The molecule has 0 aromatic heterocycles. The van der Waals surface area contributed by atoms with E-state index in [-0.39, 0.29) is 17.6 Å². The van der Waals surface area contributed by atoms with Gasteiger partial charge in [0.15, 0.2) is 0 Å². The maximum atomic E-state index is 12.3. The highest BCUT2D eigenvalue weighted by molar-refractivity contribution is 9.10. The van der Waals surface area contributed by atoms with Crippen LogP contribution in [0.5, 0.6) is 5.75 Å². The summed E-state index contributed by atoms with van der Waals surface area (Å²) in [6.45, 7) is 2.66. The minimum Gasteiger partial charge on any atom is -0.507 e. The molecule has 1 heterocycles. The number of nitrogens with one attached hydrogen (secondary N) is 1. The molecule has 2 N–H and O–H groups in total. The Morgan fingerprint density at radius 3 is 2.67 bits per heavy atom. The van der Waals surface area contributed by atoms with Gasteiger partial charge in [-0.05, 0) is 61.8 Å². The Bertz CT molecular complexity index is 818. The van der Waals surface area contributed by atoms with Crippen LogP contribution in [0.3, 0.4) is 0 Å². The van der Waals surface area contributed by atoms with Crippen LogP contribution in [0.25, 0.3) is 0 Å². The summed E-state index contributed by atoms with van der Waals surface area (Å²) >= 11 is 9.34. The van der Waals surface area contributed by atoms with Crippen LogP contribution in [-0.2, 0) is 11.3 Å². The third kappa shape index (κ3) is 5.79. The number of hydrogen-bond donors (Lipinski definition) is 2. The number of carbonyl (C=O) groups excluding carboxylic acids is 1. The topological polar surface area (TPSA) is 64.9 Å². The molecule has 7 heteroatoms. The Morgan fingerprint density at radius 2 is 1.96 bits per heavy atom. The minimum atomic E-state index is -0.0870. The number of phenols is 1. The second-order valence-electron chi connectivity index (χ2n) is 6.61. The van der Waals surface area contributed by atoms with Gasteiger partial charge in [-0.1, -0.05) is 39.7 Å². The normalized spacial score (nSPS) is 15.9. The first-order chi connectivity index (χ1) is 13.0. The van der Waals surface area contributed by atoms with E-state index in [9.17, 15) is 9.90 Å². The summed E-state index contributed by atoms with van der Waals surface area (Å²) in [7, 11) is 0. The fraction of sp³-hybridized carbons (Fsp3) is 0.300. The highest BCUT2D eigenvalue weighted by atomic mass is 79.9. The second kappa shape index (κ2) is 9.35. The van der Waals surface area contributed by atoms with Crippen molar-refractivity contribution in [2.24, 2.45) is 11.0 Å². The van der Waals surface area contributed by atoms with Crippen molar-refractivity contribution < 1.29 is 9.90 Å². The number of benzene rings is 2. The number of hydrogen-bond acceptors (Lipinski definition) is 4. The van der Waals surface area contributed by atoms with E-state index in [0.717, 1.165) is 36.9 Å². The van der Waals surface area contributed by atoms with Gasteiger partial charge in [0.05, 0.1) is 6.21 Å². The van der Waals surface area contributed by atoms with Crippen LogP contribution in [0, 0.1) is 5.92 Å². The molecule has 0 saturated carbocycles. The van der Waals surface area contributed by atoms with Crippen LogP contribution >= 0.6 is 27.5 Å². The fourth-order valence-corrected chi connectivity index (χ4v) is 3.53. The number of nitrogens with zero attached hydrogens (tertiary/aromatic N) is 2. The highest BCUT2D eigenvalue weighted by Crippen LogP contribution is 2.21. The average Bonchev–Trinajstić information content (AvgIpc) is 2.67. The van der Waals surface area contributed by atoms with Crippen molar-refractivity contribution in [1.82, 2.24) is 10.3 Å². The van der Waals surface area contributed by atoms with Crippen LogP contribution in [0.4, 0.5) is 0 Å². The molecule has 0 radical (unpaired) electrons. The Morgan fingerprint density at radius 1 is 1.26 bits per heavy atom. The highest BCUT2D eigenvalue weighted by Gasteiger charge is 2.24. The van der Waals surface area contributed by atoms with Gasteiger partial charge in [0, 0.05) is 27.5 Å². The van der Waals surface area contributed by atoms with Crippen LogP contribution in [0.15, 0.2) is 52.0 Å². The van der Waals surface area contributed by atoms with E-state index >= 15 is 0 Å². The summed E-state index contributed by atoms with van der Waals surface area (Å²) in [5.74, 6) is -0.0639. The molecule has 1 aliphatic heterocycles. The molecule has 5 nitrogen and oxygen atoms in total. The molecule has 3 rings (SSSR count). The largest absolute Gasteiger partial charge is 0.507 e. The quantitative estimate of drug-likeness (QED) is 0.531. The molecule has 1 saturated heterocycles. The lowest BCUT2D eigenvalue weighted by molar-refractivity contribution is -0.126. The summed E-state index contributed by atoms with van der Waals surface area (Å²) in [4.78, 5) is 14.7. The first-order valence-corrected chi connectivity index (χ1v) is 9.96. The summed E-state index contributed by atoms with van der Waals surface area (Å²) in [6, 6.07) is 13.0. The van der Waals surface area contributed by atoms with Crippen molar-refractivity contribution >= 4 is 39.7 Å². The number of phenolic OH excluding ortho intramolecular Hbond substituents is 1. The van der Waals surface area contributed by atoms with E-state index in [2.05, 4.69) is 43.5 Å². The van der Waals surface area contributed by atoms with Gasteiger partial charge < -0.3 is 5.11 Å². The van der Waals surface area contributed by atoms with Gasteiger partial charge in [0.25, 0.3) is 0 Å². The Balaban J connectivity index is 1.46. The molecule has 142 valence electrons. The lowest BCUT2D eigenvalue weighted by Gasteiger charge is -2.30. The van der Waals surface area contributed by atoms with E-state index in [1.165, 1.54) is 17.8 Å². The zero-order valence-corrected chi connectivity index (χ0v) is 17.1. The van der Waals surface area contributed by atoms with Gasteiger partial charge >= 0.3 is 0 Å². The predicted molar refractivity (Wildman–Crippen MR) is 111 cm³/mol. The van der Waals surface area contributed by atoms with Crippen molar-refractivity contribution in [1.29, 1.82) is 0 Å². The van der Waals surface area contributed by atoms with Gasteiger partial charge in [-0.15, -0.1) is 0 Å². The van der Waals surface area contributed by atoms with Gasteiger partial charge in [-0.2, -0.15) is 5.10 Å². The Hall–Kier alpha value is -1.89. The van der Waals surface area contributed by atoms with E-state index in [4.69, 9.17) is 11.6 Å². The number of carbonyl (C=O) groups is 1. The molecule has 1 fully saturated rings. The average molecular weight is 451 g/mol. The molecule has 0 unspecified atom stereocenters. The van der Waals surface area contributed by atoms with E-state index in [0.29, 0.717) is 10.6 Å². The number of halogens is 2. The third-order valence-corrected chi connectivity index (χ3v) is 5.41. The standard InChI is InChI=1S/C20H21BrClN3O2/c21-17-3-1-14(2-4-17)13-25-9-7-15(8-10-25)20(27)24-23-12-16-11-18(22)5-6-19(16)26/h1-6,11-12,15,26H,7-10,13H2,(H,24,27). The van der Waals surface area contributed by atoms with E-state index in [1.54, 1.807) is 12.1 Å². The van der Waals surface area contributed by atoms with Gasteiger partial charge in [0.1, 0.15) is 5.75 Å². The lowest BCUT2D eigenvalue weighted by atomic mass is 9.96. The Labute approximate surface area is 172 Å². The molecule has 0 atom stereocenters. The number of amides is 1.